The van der Waals surface area contributed by atoms with E-state index in [-0.39, 0.29) is 0 Å². The molecule has 1 atom stereocenters. The van der Waals surface area contributed by atoms with Crippen molar-refractivity contribution in [2.24, 2.45) is 5.92 Å². The average Bonchev–Trinajstić information content (AvgIpc) is 2.43. The minimum atomic E-state index is 0.571. The second-order valence-corrected chi connectivity index (χ2v) is 6.02. The molecule has 0 heteroatoms. The lowest BCUT2D eigenvalue weighted by Crippen LogP contribution is -2.10. The first kappa shape index (κ1) is 13.0. The lowest BCUT2D eigenvalue weighted by Gasteiger charge is -2.23. The van der Waals surface area contributed by atoms with E-state index >= 15 is 0 Å². The van der Waals surface area contributed by atoms with Crippen molar-refractivity contribution in [1.82, 2.24) is 0 Å². The molecule has 0 heterocycles. The molecule has 0 radical (unpaired) electrons. The van der Waals surface area contributed by atoms with Gasteiger partial charge in [0.15, 0.2) is 0 Å². The zero-order chi connectivity index (χ0) is 13.9. The Balaban J connectivity index is 2.12. The summed E-state index contributed by atoms with van der Waals surface area (Å²) in [6, 6.07) is 17.2. The van der Waals surface area contributed by atoms with Crippen molar-refractivity contribution in [3.8, 4) is 11.8 Å². The second-order valence-electron chi connectivity index (χ2n) is 6.02. The van der Waals surface area contributed by atoms with E-state index in [2.05, 4.69) is 74.2 Å². The van der Waals surface area contributed by atoms with Crippen molar-refractivity contribution in [2.45, 2.75) is 32.6 Å². The van der Waals surface area contributed by atoms with Crippen LogP contribution in [-0.4, -0.2) is 0 Å². The fourth-order valence-corrected chi connectivity index (χ4v) is 3.08. The van der Waals surface area contributed by atoms with E-state index in [1.165, 1.54) is 28.7 Å². The summed E-state index contributed by atoms with van der Waals surface area (Å²) < 4.78 is 0. The Bertz CT molecular complexity index is 668. The van der Waals surface area contributed by atoms with Crippen molar-refractivity contribution >= 4 is 0 Å². The van der Waals surface area contributed by atoms with Gasteiger partial charge in [-0.25, -0.2) is 0 Å². The maximum absolute atomic E-state index is 3.37. The van der Waals surface area contributed by atoms with Gasteiger partial charge in [0.25, 0.3) is 0 Å². The second kappa shape index (κ2) is 5.55. The Morgan fingerprint density at radius 3 is 2.40 bits per heavy atom. The number of hydrogen-bond acceptors (Lipinski definition) is 0. The van der Waals surface area contributed by atoms with Gasteiger partial charge in [0, 0.05) is 11.1 Å². The number of rotatable bonds is 2. The molecular weight excluding hydrogens is 240 g/mol. The topological polar surface area (TPSA) is 0 Å². The maximum Gasteiger partial charge on any atom is 0.0284 e. The molecule has 2 aromatic rings. The molecule has 3 rings (SSSR count). The van der Waals surface area contributed by atoms with Crippen LogP contribution in [0.1, 0.15) is 48.4 Å². The summed E-state index contributed by atoms with van der Waals surface area (Å²) >= 11 is 0. The smallest absolute Gasteiger partial charge is 0.0284 e. The molecule has 0 nitrogen and oxygen atoms in total. The molecule has 0 bridgehead atoms. The maximum atomic E-state index is 3.37. The van der Waals surface area contributed by atoms with Crippen LogP contribution >= 0.6 is 0 Å². The van der Waals surface area contributed by atoms with Gasteiger partial charge in [-0.1, -0.05) is 62.1 Å². The highest BCUT2D eigenvalue weighted by Gasteiger charge is 2.19. The molecule has 0 amide bonds. The Morgan fingerprint density at radius 2 is 1.60 bits per heavy atom. The fourth-order valence-electron chi connectivity index (χ4n) is 3.08. The van der Waals surface area contributed by atoms with Gasteiger partial charge >= 0.3 is 0 Å². The standard InChI is InChI=1S/C20H20/c1-15(2)13-19-14-18-9-4-3-7-16(18)11-12-17-8-5-6-10-20(17)19/h3-10,15,19H,13-14H2,1-2H3. The van der Waals surface area contributed by atoms with Gasteiger partial charge in [-0.3, -0.25) is 0 Å². The van der Waals surface area contributed by atoms with E-state index in [9.17, 15) is 0 Å². The first-order valence-corrected chi connectivity index (χ1v) is 7.43. The quantitative estimate of drug-likeness (QED) is 0.682. The van der Waals surface area contributed by atoms with Crippen molar-refractivity contribution in [2.75, 3.05) is 0 Å². The molecule has 0 fully saturated rings. The molecule has 2 aromatic carbocycles. The SMILES string of the molecule is CC(C)CC1Cc2ccccc2C#Cc2ccccc21. The normalized spacial score (nSPS) is 16.4. The van der Waals surface area contributed by atoms with Gasteiger partial charge in [-0.05, 0) is 47.9 Å². The molecule has 20 heavy (non-hydrogen) atoms. The summed E-state index contributed by atoms with van der Waals surface area (Å²) in [6.45, 7) is 4.61. The van der Waals surface area contributed by atoms with Crippen LogP contribution in [0.3, 0.4) is 0 Å². The molecule has 0 spiro atoms. The van der Waals surface area contributed by atoms with E-state index in [1.54, 1.807) is 0 Å². The van der Waals surface area contributed by atoms with Crippen LogP contribution in [0.25, 0.3) is 0 Å². The van der Waals surface area contributed by atoms with Gasteiger partial charge < -0.3 is 0 Å². The molecule has 1 unspecified atom stereocenters. The van der Waals surface area contributed by atoms with Gasteiger partial charge in [-0.15, -0.1) is 0 Å². The highest BCUT2D eigenvalue weighted by Crippen LogP contribution is 2.32. The van der Waals surface area contributed by atoms with E-state index in [0.29, 0.717) is 11.8 Å². The summed E-state index contributed by atoms with van der Waals surface area (Å²) in [6.07, 6.45) is 2.31. The van der Waals surface area contributed by atoms with E-state index in [4.69, 9.17) is 0 Å². The Morgan fingerprint density at radius 1 is 0.950 bits per heavy atom. The van der Waals surface area contributed by atoms with Crippen LogP contribution in [0.2, 0.25) is 0 Å². The summed E-state index contributed by atoms with van der Waals surface area (Å²) in [5.41, 5.74) is 5.20. The predicted molar refractivity (Wildman–Crippen MR) is 84.8 cm³/mol. The third-order valence-corrected chi connectivity index (χ3v) is 3.97. The molecule has 0 saturated carbocycles. The molecule has 0 saturated heterocycles. The summed E-state index contributed by atoms with van der Waals surface area (Å²) in [7, 11) is 0. The minimum Gasteiger partial charge on any atom is -0.0628 e. The predicted octanol–water partition coefficient (Wildman–Crippen LogP) is 4.77. The van der Waals surface area contributed by atoms with Gasteiger partial charge in [-0.2, -0.15) is 0 Å². The highest BCUT2D eigenvalue weighted by atomic mass is 14.2. The molecule has 0 aliphatic heterocycles. The first-order valence-electron chi connectivity index (χ1n) is 7.43. The lowest BCUT2D eigenvalue weighted by atomic mass is 9.81. The highest BCUT2D eigenvalue weighted by molar-refractivity contribution is 5.52. The third kappa shape index (κ3) is 2.63. The monoisotopic (exact) mass is 260 g/mol. The van der Waals surface area contributed by atoms with Crippen LogP contribution in [0.4, 0.5) is 0 Å². The summed E-state index contributed by atoms with van der Waals surface area (Å²) in [5, 5.41) is 0. The zero-order valence-corrected chi connectivity index (χ0v) is 12.2. The van der Waals surface area contributed by atoms with Crippen LogP contribution in [0.15, 0.2) is 48.5 Å². The van der Waals surface area contributed by atoms with E-state index in [1.807, 2.05) is 0 Å². The summed E-state index contributed by atoms with van der Waals surface area (Å²) in [4.78, 5) is 0. The number of fused-ring (bicyclic) bond motifs is 2. The molecule has 1 aliphatic carbocycles. The number of hydrogen-bond donors (Lipinski definition) is 0. The van der Waals surface area contributed by atoms with Crippen LogP contribution in [0.5, 0.6) is 0 Å². The molecule has 0 N–H and O–H groups in total. The van der Waals surface area contributed by atoms with Gasteiger partial charge in [0.05, 0.1) is 0 Å². The number of benzene rings is 2. The van der Waals surface area contributed by atoms with Gasteiger partial charge in [0.2, 0.25) is 0 Å². The third-order valence-electron chi connectivity index (χ3n) is 3.97. The fraction of sp³-hybridized carbons (Fsp3) is 0.300. The average molecular weight is 260 g/mol. The van der Waals surface area contributed by atoms with Crippen molar-refractivity contribution < 1.29 is 0 Å². The lowest BCUT2D eigenvalue weighted by molar-refractivity contribution is 0.496. The minimum absolute atomic E-state index is 0.571. The van der Waals surface area contributed by atoms with Crippen molar-refractivity contribution in [3.63, 3.8) is 0 Å². The van der Waals surface area contributed by atoms with Crippen molar-refractivity contribution in [1.29, 1.82) is 0 Å². The first-order chi connectivity index (χ1) is 9.74. The summed E-state index contributed by atoms with van der Waals surface area (Å²) in [5.74, 6) is 7.99. The zero-order valence-electron chi connectivity index (χ0n) is 12.2. The van der Waals surface area contributed by atoms with Crippen LogP contribution in [0, 0.1) is 17.8 Å². The van der Waals surface area contributed by atoms with Crippen LogP contribution in [-0.2, 0) is 6.42 Å². The Labute approximate surface area is 121 Å². The Kier molecular flexibility index (Phi) is 3.61. The van der Waals surface area contributed by atoms with Crippen LogP contribution < -0.4 is 0 Å². The largest absolute Gasteiger partial charge is 0.0628 e. The van der Waals surface area contributed by atoms with Gasteiger partial charge in [0.1, 0.15) is 0 Å². The molecule has 0 aromatic heterocycles. The van der Waals surface area contributed by atoms with E-state index in [0.717, 1.165) is 6.42 Å². The molecule has 1 aliphatic rings. The van der Waals surface area contributed by atoms with E-state index < -0.39 is 0 Å². The molecule has 100 valence electrons. The molecular formula is C20H20. The van der Waals surface area contributed by atoms with Crippen molar-refractivity contribution in [3.05, 3.63) is 70.8 Å². The Hall–Kier alpha value is -2.00.